The lowest BCUT2D eigenvalue weighted by atomic mass is 9.95. The number of nitrogen functional groups attached to an aromatic ring is 1. The Kier molecular flexibility index (Phi) is 6.64. The lowest BCUT2D eigenvalue weighted by molar-refractivity contribution is -0.139. The summed E-state index contributed by atoms with van der Waals surface area (Å²) in [6.45, 7) is 4.30. The molecule has 0 unspecified atom stereocenters. The van der Waals surface area contributed by atoms with Crippen LogP contribution in [0.4, 0.5) is 5.69 Å². The minimum atomic E-state index is 0.0624. The van der Waals surface area contributed by atoms with Crippen LogP contribution in [0, 0.1) is 5.92 Å². The monoisotopic (exact) mass is 331 g/mol. The van der Waals surface area contributed by atoms with Crippen molar-refractivity contribution in [2.75, 3.05) is 32.4 Å². The molecule has 0 aromatic heterocycles. The number of piperidine rings is 1. The zero-order valence-electron chi connectivity index (χ0n) is 14.8. The second-order valence-corrected chi connectivity index (χ2v) is 6.69. The highest BCUT2D eigenvalue weighted by Gasteiger charge is 2.28. The Morgan fingerprint density at radius 2 is 1.83 bits per heavy atom. The normalized spacial score (nSPS) is 15.3. The number of hydrogen-bond acceptors (Lipinski definition) is 3. The first-order valence-electron chi connectivity index (χ1n) is 8.88. The minimum absolute atomic E-state index is 0.0624. The molecule has 0 spiro atoms. The summed E-state index contributed by atoms with van der Waals surface area (Å²) >= 11 is 0. The van der Waals surface area contributed by atoms with E-state index in [-0.39, 0.29) is 17.7 Å². The molecule has 5 heteroatoms. The Balaban J connectivity index is 1.80. The third-order valence-electron chi connectivity index (χ3n) is 4.76. The molecule has 0 aliphatic carbocycles. The maximum Gasteiger partial charge on any atom is 0.226 e. The number of anilines is 1. The number of unbranched alkanes of at least 4 members (excludes halogenated alkanes) is 1. The maximum absolute atomic E-state index is 12.4. The van der Waals surface area contributed by atoms with Gasteiger partial charge in [-0.05, 0) is 37.0 Å². The van der Waals surface area contributed by atoms with E-state index in [0.717, 1.165) is 37.8 Å². The third-order valence-corrected chi connectivity index (χ3v) is 4.76. The fourth-order valence-electron chi connectivity index (χ4n) is 3.11. The summed E-state index contributed by atoms with van der Waals surface area (Å²) in [4.78, 5) is 28.5. The minimum Gasteiger partial charge on any atom is -0.399 e. The van der Waals surface area contributed by atoms with Gasteiger partial charge in [-0.15, -0.1) is 0 Å². The molecule has 1 fully saturated rings. The van der Waals surface area contributed by atoms with Crippen molar-refractivity contribution in [1.82, 2.24) is 9.80 Å². The number of amides is 2. The van der Waals surface area contributed by atoms with E-state index in [2.05, 4.69) is 6.92 Å². The van der Waals surface area contributed by atoms with E-state index in [4.69, 9.17) is 5.73 Å². The number of rotatable bonds is 6. The molecule has 132 valence electrons. The van der Waals surface area contributed by atoms with E-state index < -0.39 is 0 Å². The second kappa shape index (κ2) is 8.71. The molecule has 2 amide bonds. The first-order chi connectivity index (χ1) is 11.5. The predicted octanol–water partition coefficient (Wildman–Crippen LogP) is 2.31. The highest BCUT2D eigenvalue weighted by molar-refractivity contribution is 5.81. The molecule has 0 atom stereocenters. The van der Waals surface area contributed by atoms with Crippen molar-refractivity contribution in [3.05, 3.63) is 29.8 Å². The summed E-state index contributed by atoms with van der Waals surface area (Å²) in [6, 6.07) is 7.43. The van der Waals surface area contributed by atoms with Crippen molar-refractivity contribution in [3.63, 3.8) is 0 Å². The first kappa shape index (κ1) is 18.3. The van der Waals surface area contributed by atoms with Gasteiger partial charge in [-0.2, -0.15) is 0 Å². The van der Waals surface area contributed by atoms with Crippen LogP contribution < -0.4 is 5.73 Å². The van der Waals surface area contributed by atoms with Gasteiger partial charge >= 0.3 is 0 Å². The molecule has 1 aromatic carbocycles. The molecule has 0 radical (unpaired) electrons. The molecule has 1 aliphatic heterocycles. The summed E-state index contributed by atoms with van der Waals surface area (Å²) in [5, 5.41) is 0. The summed E-state index contributed by atoms with van der Waals surface area (Å²) in [7, 11) is 1.89. The summed E-state index contributed by atoms with van der Waals surface area (Å²) < 4.78 is 0. The van der Waals surface area contributed by atoms with Gasteiger partial charge in [0.2, 0.25) is 11.8 Å². The van der Waals surface area contributed by atoms with Crippen molar-refractivity contribution in [1.29, 1.82) is 0 Å². The van der Waals surface area contributed by atoms with Gasteiger partial charge in [0.05, 0.1) is 6.42 Å². The predicted molar refractivity (Wildman–Crippen MR) is 96.4 cm³/mol. The molecule has 0 bridgehead atoms. The van der Waals surface area contributed by atoms with Gasteiger partial charge in [-0.3, -0.25) is 9.59 Å². The first-order valence-corrected chi connectivity index (χ1v) is 8.88. The van der Waals surface area contributed by atoms with Crippen molar-refractivity contribution in [3.8, 4) is 0 Å². The van der Waals surface area contributed by atoms with E-state index in [1.165, 1.54) is 0 Å². The summed E-state index contributed by atoms with van der Waals surface area (Å²) in [6.07, 6.45) is 4.07. The highest BCUT2D eigenvalue weighted by atomic mass is 16.2. The number of nitrogens with zero attached hydrogens (tertiary/aromatic N) is 2. The van der Waals surface area contributed by atoms with Crippen LogP contribution in [0.2, 0.25) is 0 Å². The molecule has 0 saturated carbocycles. The van der Waals surface area contributed by atoms with Gasteiger partial charge in [0, 0.05) is 38.3 Å². The Bertz CT molecular complexity index is 548. The quantitative estimate of drug-likeness (QED) is 0.814. The number of hydrogen-bond donors (Lipinski definition) is 1. The van der Waals surface area contributed by atoms with E-state index in [0.29, 0.717) is 25.2 Å². The van der Waals surface area contributed by atoms with E-state index >= 15 is 0 Å². The molecule has 24 heavy (non-hydrogen) atoms. The number of carbonyl (C=O) groups is 2. The third kappa shape index (κ3) is 4.98. The molecule has 2 N–H and O–H groups in total. The van der Waals surface area contributed by atoms with Crippen LogP contribution in [0.15, 0.2) is 24.3 Å². The summed E-state index contributed by atoms with van der Waals surface area (Å²) in [5.41, 5.74) is 7.35. The summed E-state index contributed by atoms with van der Waals surface area (Å²) in [5.74, 6) is 0.423. The van der Waals surface area contributed by atoms with E-state index in [1.807, 2.05) is 41.1 Å². The fourth-order valence-corrected chi connectivity index (χ4v) is 3.11. The van der Waals surface area contributed by atoms with Crippen LogP contribution in [0.5, 0.6) is 0 Å². The van der Waals surface area contributed by atoms with Crippen molar-refractivity contribution in [2.45, 2.75) is 39.0 Å². The highest BCUT2D eigenvalue weighted by Crippen LogP contribution is 2.20. The van der Waals surface area contributed by atoms with Gasteiger partial charge in [0.1, 0.15) is 0 Å². The molecule has 5 nitrogen and oxygen atoms in total. The average molecular weight is 331 g/mol. The molecular weight excluding hydrogens is 302 g/mol. The SMILES string of the molecule is CCCCN(C)C(=O)C1CCN(C(=O)Cc2ccc(N)cc2)CC1. The largest absolute Gasteiger partial charge is 0.399 e. The van der Waals surface area contributed by atoms with Crippen LogP contribution >= 0.6 is 0 Å². The van der Waals surface area contributed by atoms with Crippen LogP contribution in [-0.4, -0.2) is 48.3 Å². The average Bonchev–Trinajstić information content (AvgIpc) is 2.61. The second-order valence-electron chi connectivity index (χ2n) is 6.69. The molecule has 1 aliphatic rings. The van der Waals surface area contributed by atoms with Gasteiger partial charge in [-0.25, -0.2) is 0 Å². The van der Waals surface area contributed by atoms with Crippen LogP contribution in [0.1, 0.15) is 38.2 Å². The fraction of sp³-hybridized carbons (Fsp3) is 0.579. The zero-order valence-corrected chi connectivity index (χ0v) is 14.8. The van der Waals surface area contributed by atoms with Crippen LogP contribution in [0.3, 0.4) is 0 Å². The van der Waals surface area contributed by atoms with E-state index in [1.54, 1.807) is 0 Å². The Hall–Kier alpha value is -2.04. The van der Waals surface area contributed by atoms with Crippen LogP contribution in [-0.2, 0) is 16.0 Å². The Labute approximate surface area is 144 Å². The lowest BCUT2D eigenvalue weighted by Crippen LogP contribution is -2.44. The maximum atomic E-state index is 12.4. The number of nitrogens with two attached hydrogens (primary N) is 1. The van der Waals surface area contributed by atoms with Gasteiger partial charge in [0.15, 0.2) is 0 Å². The van der Waals surface area contributed by atoms with Crippen molar-refractivity contribution in [2.24, 2.45) is 5.92 Å². The van der Waals surface area contributed by atoms with Gasteiger partial charge in [-0.1, -0.05) is 25.5 Å². The van der Waals surface area contributed by atoms with Crippen molar-refractivity contribution < 1.29 is 9.59 Å². The zero-order chi connectivity index (χ0) is 17.5. The number of carbonyl (C=O) groups excluding carboxylic acids is 2. The number of benzene rings is 1. The van der Waals surface area contributed by atoms with Gasteiger partial charge in [0.25, 0.3) is 0 Å². The molecule has 1 aromatic rings. The van der Waals surface area contributed by atoms with Crippen LogP contribution in [0.25, 0.3) is 0 Å². The van der Waals surface area contributed by atoms with Gasteiger partial charge < -0.3 is 15.5 Å². The molecule has 2 rings (SSSR count). The smallest absolute Gasteiger partial charge is 0.226 e. The molecule has 1 saturated heterocycles. The Morgan fingerprint density at radius 3 is 2.42 bits per heavy atom. The van der Waals surface area contributed by atoms with Crippen molar-refractivity contribution >= 4 is 17.5 Å². The lowest BCUT2D eigenvalue weighted by Gasteiger charge is -2.33. The standard InChI is InChI=1S/C19H29N3O2/c1-3-4-11-21(2)19(24)16-9-12-22(13-10-16)18(23)14-15-5-7-17(20)8-6-15/h5-8,16H,3-4,9-14,20H2,1-2H3. The number of likely N-dealkylation sites (tertiary alicyclic amines) is 1. The Morgan fingerprint density at radius 1 is 1.21 bits per heavy atom. The molecule has 1 heterocycles. The molecular formula is C19H29N3O2. The van der Waals surface area contributed by atoms with E-state index in [9.17, 15) is 9.59 Å². The topological polar surface area (TPSA) is 66.6 Å².